The van der Waals surface area contributed by atoms with Crippen molar-refractivity contribution < 1.29 is 14.7 Å². The number of carbonyl (C=O) groups is 1. The summed E-state index contributed by atoms with van der Waals surface area (Å²) in [6, 6.07) is 9.93. The van der Waals surface area contributed by atoms with Gasteiger partial charge in [0, 0.05) is 29.6 Å². The Morgan fingerprint density at radius 1 is 1.08 bits per heavy atom. The monoisotopic (exact) mass is 504 g/mol. The molecular formula is C29H36N4O4. The van der Waals surface area contributed by atoms with Crippen LogP contribution in [-0.2, 0) is 9.63 Å². The lowest BCUT2D eigenvalue weighted by atomic mass is 9.39. The zero-order valence-corrected chi connectivity index (χ0v) is 21.5. The third-order valence-electron chi connectivity index (χ3n) is 10.5. The summed E-state index contributed by atoms with van der Waals surface area (Å²) in [5.41, 5.74) is 2.24. The van der Waals surface area contributed by atoms with Gasteiger partial charge >= 0.3 is 5.97 Å². The average molecular weight is 505 g/mol. The minimum Gasteiger partial charge on any atom is -0.479 e. The van der Waals surface area contributed by atoms with Crippen molar-refractivity contribution >= 4 is 22.7 Å². The number of aliphatic carboxylic acids is 1. The number of carboxylic acid groups (broad SMARTS) is 1. The highest BCUT2D eigenvalue weighted by molar-refractivity contribution is 5.97. The van der Waals surface area contributed by atoms with Crippen LogP contribution in [0.15, 0.2) is 34.2 Å². The predicted octanol–water partition coefficient (Wildman–Crippen LogP) is 4.36. The summed E-state index contributed by atoms with van der Waals surface area (Å²) in [6.45, 7) is 1.11. The second kappa shape index (κ2) is 8.65. The third-order valence-corrected chi connectivity index (χ3v) is 10.5. The van der Waals surface area contributed by atoms with Gasteiger partial charge in [-0.1, -0.05) is 43.0 Å². The van der Waals surface area contributed by atoms with Gasteiger partial charge in [-0.25, -0.2) is 9.78 Å². The molecule has 37 heavy (non-hydrogen) atoms. The lowest BCUT2D eigenvalue weighted by molar-refractivity contribution is -0.311. The highest BCUT2D eigenvalue weighted by atomic mass is 16.6. The lowest BCUT2D eigenvalue weighted by Crippen LogP contribution is -2.87. The summed E-state index contributed by atoms with van der Waals surface area (Å²) >= 11 is 0. The van der Waals surface area contributed by atoms with E-state index in [0.717, 1.165) is 35.3 Å². The number of carboxylic acids is 1. The molecule has 8 nitrogen and oxygen atoms in total. The maximum Gasteiger partial charge on any atom is 0.344 e. The van der Waals surface area contributed by atoms with Crippen molar-refractivity contribution in [1.29, 1.82) is 0 Å². The number of piperidine rings is 2. The number of likely N-dealkylation sites (tertiary alicyclic amines) is 1. The van der Waals surface area contributed by atoms with E-state index in [2.05, 4.69) is 15.0 Å². The van der Waals surface area contributed by atoms with Crippen LogP contribution in [0.1, 0.15) is 82.9 Å². The summed E-state index contributed by atoms with van der Waals surface area (Å²) in [5, 5.41) is 12.8. The van der Waals surface area contributed by atoms with Crippen LogP contribution >= 0.6 is 0 Å². The average Bonchev–Trinajstić information content (AvgIpc) is 3.02. The largest absolute Gasteiger partial charge is 0.479 e. The number of hydrogen-bond acceptors (Lipinski definition) is 6. The van der Waals surface area contributed by atoms with E-state index in [0.29, 0.717) is 17.8 Å². The molecule has 7 rings (SSSR count). The second-order valence-corrected chi connectivity index (χ2v) is 12.2. The quantitative estimate of drug-likeness (QED) is 0.464. The lowest BCUT2D eigenvalue weighted by Gasteiger charge is -2.81. The number of fused-ring (bicyclic) bond motifs is 3. The summed E-state index contributed by atoms with van der Waals surface area (Å²) in [5.74, 6) is 0.720. The van der Waals surface area contributed by atoms with Crippen molar-refractivity contribution in [2.24, 2.45) is 22.4 Å². The topological polar surface area (TPSA) is 97.0 Å². The van der Waals surface area contributed by atoms with E-state index in [1.165, 1.54) is 57.8 Å². The molecule has 2 bridgehead atoms. The first-order valence-corrected chi connectivity index (χ1v) is 14.1. The minimum atomic E-state index is -1.11. The van der Waals surface area contributed by atoms with Crippen molar-refractivity contribution in [1.82, 2.24) is 14.5 Å². The molecule has 4 aliphatic carbocycles. The Balaban J connectivity index is 1.20. The summed E-state index contributed by atoms with van der Waals surface area (Å²) < 4.78 is 1.99. The van der Waals surface area contributed by atoms with Crippen molar-refractivity contribution in [3.05, 3.63) is 40.3 Å². The Morgan fingerprint density at radius 3 is 2.51 bits per heavy atom. The highest BCUT2D eigenvalue weighted by Crippen LogP contribution is 2.73. The molecule has 6 atom stereocenters. The molecule has 3 unspecified atom stereocenters. The molecule has 196 valence electrons. The van der Waals surface area contributed by atoms with Crippen LogP contribution in [0.25, 0.3) is 11.0 Å². The molecule has 0 radical (unpaired) electrons. The number of oxime groups is 1. The Morgan fingerprint density at radius 2 is 1.84 bits per heavy atom. The van der Waals surface area contributed by atoms with Gasteiger partial charge in [0.05, 0.1) is 11.0 Å². The number of para-hydroxylation sites is 2. The Hall–Kier alpha value is -2.74. The highest BCUT2D eigenvalue weighted by Gasteiger charge is 2.76. The second-order valence-electron chi connectivity index (χ2n) is 12.2. The van der Waals surface area contributed by atoms with Crippen LogP contribution in [0.2, 0.25) is 0 Å². The van der Waals surface area contributed by atoms with Crippen molar-refractivity contribution in [3.8, 4) is 0 Å². The van der Waals surface area contributed by atoms with Gasteiger partial charge in [-0.2, -0.15) is 0 Å². The Bertz CT molecular complexity index is 1310. The summed E-state index contributed by atoms with van der Waals surface area (Å²) in [7, 11) is 0. The molecule has 1 N–H and O–H groups in total. The van der Waals surface area contributed by atoms with Crippen LogP contribution < -0.4 is 5.56 Å². The first kappa shape index (κ1) is 23.4. The van der Waals surface area contributed by atoms with E-state index in [1.54, 1.807) is 6.92 Å². The number of rotatable bonds is 6. The molecule has 5 fully saturated rings. The summed E-state index contributed by atoms with van der Waals surface area (Å²) in [4.78, 5) is 37.2. The van der Waals surface area contributed by atoms with Gasteiger partial charge in [-0.15, -0.1) is 0 Å². The normalized spacial score (nSPS) is 36.8. The smallest absolute Gasteiger partial charge is 0.344 e. The summed E-state index contributed by atoms with van der Waals surface area (Å²) in [6.07, 6.45) is 13.3. The van der Waals surface area contributed by atoms with Crippen LogP contribution in [0.3, 0.4) is 0 Å². The molecule has 5 aliphatic rings. The van der Waals surface area contributed by atoms with Crippen molar-refractivity contribution in [2.45, 2.75) is 95.3 Å². The van der Waals surface area contributed by atoms with Gasteiger partial charge in [0.1, 0.15) is 5.71 Å². The van der Waals surface area contributed by atoms with Gasteiger partial charge in [0.2, 0.25) is 6.61 Å². The molecule has 1 saturated heterocycles. The van der Waals surface area contributed by atoms with E-state index in [1.807, 2.05) is 28.8 Å². The third kappa shape index (κ3) is 3.44. The maximum atomic E-state index is 13.9. The van der Waals surface area contributed by atoms with Crippen LogP contribution in [0.4, 0.5) is 0 Å². The number of aromatic nitrogens is 2. The van der Waals surface area contributed by atoms with Crippen molar-refractivity contribution in [2.75, 3.05) is 6.61 Å². The number of benzene rings is 1. The Kier molecular flexibility index (Phi) is 5.47. The van der Waals surface area contributed by atoms with Gasteiger partial charge in [-0.3, -0.25) is 9.69 Å². The fourth-order valence-electron chi connectivity index (χ4n) is 8.95. The van der Waals surface area contributed by atoms with Gasteiger partial charge in [0.15, 0.2) is 5.69 Å². The van der Waals surface area contributed by atoms with Gasteiger partial charge in [-0.05, 0) is 69.4 Å². The van der Waals surface area contributed by atoms with Gasteiger partial charge in [0.25, 0.3) is 5.56 Å². The molecule has 8 heteroatoms. The van der Waals surface area contributed by atoms with Crippen LogP contribution in [-0.4, -0.2) is 56.0 Å². The fourth-order valence-corrected chi connectivity index (χ4v) is 8.95. The van der Waals surface area contributed by atoms with Crippen LogP contribution in [0, 0.1) is 17.3 Å². The Labute approximate surface area is 216 Å². The van der Waals surface area contributed by atoms with E-state index < -0.39 is 12.6 Å². The molecule has 1 aliphatic heterocycles. The number of nitrogens with zero attached hydrogens (tertiary/aromatic N) is 4. The molecular weight excluding hydrogens is 468 g/mol. The zero-order valence-electron chi connectivity index (χ0n) is 21.5. The molecule has 1 aromatic carbocycles. The molecule has 1 spiro atoms. The molecule has 1 aromatic heterocycles. The SMILES string of the molecule is C/C(=N\OCC(=O)O)c1nc2ccccc2n([C@@H]2C[C@H]3N(C4CC5CCCCC(C5)C4)[C@@H]4CCC432)c1=O. The number of hydrogen-bond donors (Lipinski definition) is 1. The van der Waals surface area contributed by atoms with E-state index >= 15 is 0 Å². The van der Waals surface area contributed by atoms with Crippen molar-refractivity contribution in [3.63, 3.8) is 0 Å². The molecule has 2 aromatic rings. The fraction of sp³-hybridized carbons (Fsp3) is 0.655. The van der Waals surface area contributed by atoms with E-state index in [4.69, 9.17) is 9.94 Å². The first-order chi connectivity index (χ1) is 18.0. The van der Waals surface area contributed by atoms with Gasteiger partial charge < -0.3 is 14.5 Å². The predicted molar refractivity (Wildman–Crippen MR) is 140 cm³/mol. The minimum absolute atomic E-state index is 0.149. The van der Waals surface area contributed by atoms with Crippen LogP contribution in [0.5, 0.6) is 0 Å². The first-order valence-electron chi connectivity index (χ1n) is 14.1. The standard InChI is InChI=1S/C29H36N4O4/c1-17(31-37-16-26(34)35)27-28(36)33(22-9-5-4-8-21(22)30-27)25-15-24-29(25)11-10-23(29)32(24)20-13-18-6-2-3-7-19(12-18)14-20/h4-5,8-9,18-20,23-25H,2-3,6-7,10-16H2,1H3,(H,34,35)/b31-17+/t18?,19?,20?,23-,24-,25-,29?/m1/s1. The van der Waals surface area contributed by atoms with E-state index in [9.17, 15) is 9.59 Å². The molecule has 2 heterocycles. The molecule has 4 saturated carbocycles. The van der Waals surface area contributed by atoms with E-state index in [-0.39, 0.29) is 22.7 Å². The molecule has 0 amide bonds. The zero-order chi connectivity index (χ0) is 25.3. The maximum absolute atomic E-state index is 13.9.